The Hall–Kier alpha value is -3.62. The van der Waals surface area contributed by atoms with E-state index >= 15 is 0 Å². The van der Waals surface area contributed by atoms with Gasteiger partial charge in [-0.15, -0.1) is 0 Å². The largest absolute Gasteiger partial charge is 0.507 e. The van der Waals surface area contributed by atoms with Gasteiger partial charge in [0, 0.05) is 29.0 Å². The Balaban J connectivity index is 1.87. The molecule has 0 saturated carbocycles. The van der Waals surface area contributed by atoms with Gasteiger partial charge in [-0.2, -0.15) is 13.2 Å². The quantitative estimate of drug-likeness (QED) is 0.369. The first-order valence-electron chi connectivity index (χ1n) is 10.6. The zero-order chi connectivity index (χ0) is 25.1. The number of rotatable bonds is 9. The molecule has 0 unspecified atom stereocenters. The number of aromatic hydroxyl groups is 1. The molecule has 0 fully saturated rings. The summed E-state index contributed by atoms with van der Waals surface area (Å²) in [7, 11) is 0. The molecule has 0 atom stereocenters. The predicted molar refractivity (Wildman–Crippen MR) is 119 cm³/mol. The summed E-state index contributed by atoms with van der Waals surface area (Å²) < 4.78 is 44.1. The topological polar surface area (TPSA) is 96.7 Å². The number of alkyl halides is 3. The Morgan fingerprint density at radius 3 is 2.32 bits per heavy atom. The number of aliphatic carboxylic acids is 1. The van der Waals surface area contributed by atoms with Crippen LogP contribution in [0.3, 0.4) is 0 Å². The Bertz CT molecular complexity index is 1200. The molecule has 9 heteroatoms. The van der Waals surface area contributed by atoms with E-state index < -0.39 is 23.3 Å². The van der Waals surface area contributed by atoms with E-state index in [1.54, 1.807) is 38.1 Å². The van der Waals surface area contributed by atoms with E-state index in [0.717, 1.165) is 12.3 Å². The highest BCUT2D eigenvalue weighted by Gasteiger charge is 2.32. The number of phenols is 1. The highest BCUT2D eigenvalue weighted by molar-refractivity contribution is 6.06. The number of hydrogen-bond acceptors (Lipinski definition) is 5. The molecule has 0 aliphatic heterocycles. The van der Waals surface area contributed by atoms with Gasteiger partial charge in [0.1, 0.15) is 23.8 Å². The number of nitrogens with zero attached hydrogens (tertiary/aromatic N) is 1. The number of Topliss-reactive ketones (excluding diaryl/α,β-unsaturated/α-hetero) is 1. The van der Waals surface area contributed by atoms with Crippen molar-refractivity contribution >= 4 is 22.5 Å². The number of ether oxygens (including phenoxy) is 1. The molecule has 0 spiro atoms. The zero-order valence-electron chi connectivity index (χ0n) is 18.6. The Kier molecular flexibility index (Phi) is 7.14. The van der Waals surface area contributed by atoms with Crippen molar-refractivity contribution in [3.63, 3.8) is 0 Å². The maximum atomic E-state index is 13.0. The van der Waals surface area contributed by atoms with Gasteiger partial charge in [-0.3, -0.25) is 14.6 Å². The third-order valence-corrected chi connectivity index (χ3v) is 5.56. The van der Waals surface area contributed by atoms with E-state index in [2.05, 4.69) is 4.98 Å². The van der Waals surface area contributed by atoms with Crippen molar-refractivity contribution in [1.82, 2.24) is 4.98 Å². The van der Waals surface area contributed by atoms with Crippen LogP contribution < -0.4 is 4.74 Å². The third-order valence-electron chi connectivity index (χ3n) is 5.56. The van der Waals surface area contributed by atoms with Crippen LogP contribution in [-0.2, 0) is 17.6 Å². The number of carboxylic acids is 1. The second-order valence-corrected chi connectivity index (χ2v) is 8.62. The molecule has 3 aromatic rings. The lowest BCUT2D eigenvalue weighted by atomic mass is 9.86. The first-order chi connectivity index (χ1) is 15.9. The molecule has 2 aromatic carbocycles. The monoisotopic (exact) mass is 475 g/mol. The lowest BCUT2D eigenvalue weighted by Crippen LogP contribution is -2.23. The second kappa shape index (κ2) is 9.70. The highest BCUT2D eigenvalue weighted by Crippen LogP contribution is 2.38. The molecule has 0 amide bonds. The maximum Gasteiger partial charge on any atom is 0.433 e. The van der Waals surface area contributed by atoms with Crippen LogP contribution in [0, 0.1) is 5.41 Å². The summed E-state index contributed by atoms with van der Waals surface area (Å²) in [6.45, 7) is 3.01. The molecule has 0 saturated heterocycles. The van der Waals surface area contributed by atoms with E-state index in [0.29, 0.717) is 22.8 Å². The summed E-state index contributed by atoms with van der Waals surface area (Å²) in [5.74, 6) is -1.23. The molecule has 1 heterocycles. The molecule has 0 bridgehead atoms. The van der Waals surface area contributed by atoms with Gasteiger partial charge in [-0.05, 0) is 38.8 Å². The standard InChI is InChI=1S/C25H24F3NO5/c1-24(2,23(32)33)11-5-8-19(30)18-12-20(31)16-6-3-4-7-17(16)22(18)34-14-15-9-10-21(29-13-15)25(26,27)28/h3-4,6-7,9-10,12-13,31H,5,8,11,14H2,1-2H3,(H,32,33). The number of benzene rings is 2. The van der Waals surface area contributed by atoms with Gasteiger partial charge in [-0.25, -0.2) is 0 Å². The lowest BCUT2D eigenvalue weighted by molar-refractivity contribution is -0.147. The SMILES string of the molecule is CC(C)(CCCC(=O)c1cc(O)c2ccccc2c1OCc1ccc(C(F)(F)F)nc1)C(=O)O. The van der Waals surface area contributed by atoms with Crippen molar-refractivity contribution in [2.24, 2.45) is 5.41 Å². The minimum atomic E-state index is -4.55. The maximum absolute atomic E-state index is 13.0. The molecule has 1 aromatic heterocycles. The van der Waals surface area contributed by atoms with Crippen molar-refractivity contribution in [3.8, 4) is 11.5 Å². The molecule has 0 aliphatic rings. The van der Waals surface area contributed by atoms with Crippen LogP contribution in [0.25, 0.3) is 10.8 Å². The average molecular weight is 475 g/mol. The summed E-state index contributed by atoms with van der Waals surface area (Å²) in [5, 5.41) is 20.6. The first kappa shape index (κ1) is 25.0. The van der Waals surface area contributed by atoms with Crippen molar-refractivity contribution in [2.45, 2.75) is 45.9 Å². The van der Waals surface area contributed by atoms with Gasteiger partial charge >= 0.3 is 12.1 Å². The summed E-state index contributed by atoms with van der Waals surface area (Å²) in [5.41, 5.74) is -1.52. The van der Waals surface area contributed by atoms with E-state index in [1.165, 1.54) is 12.1 Å². The van der Waals surface area contributed by atoms with Gasteiger partial charge in [0.25, 0.3) is 0 Å². The molecule has 6 nitrogen and oxygen atoms in total. The van der Waals surface area contributed by atoms with Crippen LogP contribution in [0.5, 0.6) is 11.5 Å². The molecule has 0 aliphatic carbocycles. The number of phenolic OH excluding ortho intramolecular Hbond substituents is 1. The summed E-state index contributed by atoms with van der Waals surface area (Å²) in [6.07, 6.45) is -2.87. The highest BCUT2D eigenvalue weighted by atomic mass is 19.4. The predicted octanol–water partition coefficient (Wildman–Crippen LogP) is 6.00. The van der Waals surface area contributed by atoms with Crippen LogP contribution in [0.15, 0.2) is 48.7 Å². The summed E-state index contributed by atoms with van der Waals surface area (Å²) in [4.78, 5) is 27.7. The molecular formula is C25H24F3NO5. The molecule has 2 N–H and O–H groups in total. The van der Waals surface area contributed by atoms with Crippen molar-refractivity contribution in [3.05, 3.63) is 65.5 Å². The Labute approximate surface area is 194 Å². The lowest BCUT2D eigenvalue weighted by Gasteiger charge is -2.19. The number of hydrogen-bond donors (Lipinski definition) is 2. The minimum absolute atomic E-state index is 0.0344. The van der Waals surface area contributed by atoms with Crippen LogP contribution in [-0.4, -0.2) is 26.9 Å². The Morgan fingerprint density at radius 1 is 1.06 bits per heavy atom. The van der Waals surface area contributed by atoms with Crippen molar-refractivity contribution < 1.29 is 37.7 Å². The van der Waals surface area contributed by atoms with Crippen molar-refractivity contribution in [1.29, 1.82) is 0 Å². The van der Waals surface area contributed by atoms with E-state index in [9.17, 15) is 33.0 Å². The molecule has 180 valence electrons. The number of carboxylic acid groups (broad SMARTS) is 1. The van der Waals surface area contributed by atoms with Crippen LogP contribution in [0.1, 0.15) is 54.7 Å². The molecule has 0 radical (unpaired) electrons. The third kappa shape index (κ3) is 5.65. The van der Waals surface area contributed by atoms with Crippen molar-refractivity contribution in [2.75, 3.05) is 0 Å². The fourth-order valence-electron chi connectivity index (χ4n) is 3.46. The fourth-order valence-corrected chi connectivity index (χ4v) is 3.46. The van der Waals surface area contributed by atoms with Gasteiger partial charge in [0.2, 0.25) is 0 Å². The summed E-state index contributed by atoms with van der Waals surface area (Å²) >= 11 is 0. The van der Waals surface area contributed by atoms with Gasteiger partial charge < -0.3 is 14.9 Å². The van der Waals surface area contributed by atoms with Crippen LogP contribution in [0.2, 0.25) is 0 Å². The number of carbonyl (C=O) groups is 2. The van der Waals surface area contributed by atoms with Crippen LogP contribution in [0.4, 0.5) is 13.2 Å². The van der Waals surface area contributed by atoms with E-state index in [-0.39, 0.29) is 42.3 Å². The first-order valence-corrected chi connectivity index (χ1v) is 10.6. The second-order valence-electron chi connectivity index (χ2n) is 8.62. The number of pyridine rings is 1. The molecule has 34 heavy (non-hydrogen) atoms. The van der Waals surface area contributed by atoms with Gasteiger partial charge in [0.05, 0.1) is 11.0 Å². The number of halogens is 3. The normalized spacial score (nSPS) is 12.0. The number of ketones is 1. The van der Waals surface area contributed by atoms with Gasteiger partial charge in [0.15, 0.2) is 5.78 Å². The minimum Gasteiger partial charge on any atom is -0.507 e. The smallest absolute Gasteiger partial charge is 0.433 e. The summed E-state index contributed by atoms with van der Waals surface area (Å²) in [6, 6.07) is 10.1. The van der Waals surface area contributed by atoms with Gasteiger partial charge in [-0.1, -0.05) is 30.3 Å². The molecule has 3 rings (SSSR count). The Morgan fingerprint density at radius 2 is 1.74 bits per heavy atom. The zero-order valence-corrected chi connectivity index (χ0v) is 18.6. The van der Waals surface area contributed by atoms with E-state index in [4.69, 9.17) is 4.74 Å². The molecular weight excluding hydrogens is 451 g/mol. The fraction of sp³-hybridized carbons (Fsp3) is 0.320. The van der Waals surface area contributed by atoms with E-state index in [1.807, 2.05) is 0 Å². The van der Waals surface area contributed by atoms with Crippen LogP contribution >= 0.6 is 0 Å². The number of carbonyl (C=O) groups excluding carboxylic acids is 1. The number of fused-ring (bicyclic) bond motifs is 1. The number of aromatic nitrogens is 1. The average Bonchev–Trinajstić information content (AvgIpc) is 2.77.